The van der Waals surface area contributed by atoms with Crippen LogP contribution in [0.1, 0.15) is 44.6 Å². The van der Waals surface area contributed by atoms with Crippen molar-refractivity contribution in [1.82, 2.24) is 15.2 Å². The Labute approximate surface area is 176 Å². The molecule has 0 bridgehead atoms. The number of hydrogen-bond donors (Lipinski definition) is 2. The molecule has 0 aliphatic heterocycles. The number of aromatic nitrogens is 3. The van der Waals surface area contributed by atoms with E-state index in [1.165, 1.54) is 25.7 Å². The maximum Gasteiger partial charge on any atom is 0.279 e. The Morgan fingerprint density at radius 1 is 1.00 bits per heavy atom. The minimum absolute atomic E-state index is 0.172. The molecule has 0 unspecified atom stereocenters. The van der Waals surface area contributed by atoms with E-state index >= 15 is 0 Å². The number of rotatable bonds is 11. The molecule has 0 saturated heterocycles. The topological polar surface area (TPSA) is 92.3 Å². The number of aromatic amines is 1. The fourth-order valence-corrected chi connectivity index (χ4v) is 2.94. The highest BCUT2D eigenvalue weighted by Crippen LogP contribution is 2.17. The van der Waals surface area contributed by atoms with E-state index in [0.29, 0.717) is 12.2 Å². The lowest BCUT2D eigenvalue weighted by Gasteiger charge is -2.08. The lowest BCUT2D eigenvalue weighted by Crippen LogP contribution is -2.15. The first-order valence-electron chi connectivity index (χ1n) is 10.3. The summed E-state index contributed by atoms with van der Waals surface area (Å²) in [5.74, 6) is 0.947. The lowest BCUT2D eigenvalue weighted by atomic mass is 10.2. The number of benzene rings is 2. The zero-order valence-corrected chi connectivity index (χ0v) is 17.2. The Bertz CT molecular complexity index is 1000. The first-order chi connectivity index (χ1) is 14.8. The van der Waals surface area contributed by atoms with Gasteiger partial charge >= 0.3 is 0 Å². The molecule has 0 aliphatic rings. The molecule has 3 rings (SSSR count). The Kier molecular flexibility index (Phi) is 8.14. The van der Waals surface area contributed by atoms with Gasteiger partial charge in [0.2, 0.25) is 5.95 Å². The van der Waals surface area contributed by atoms with Crippen molar-refractivity contribution in [1.29, 1.82) is 0 Å². The third-order valence-corrected chi connectivity index (χ3v) is 4.54. The van der Waals surface area contributed by atoms with Crippen LogP contribution in [0.25, 0.3) is 11.3 Å². The van der Waals surface area contributed by atoms with Crippen molar-refractivity contribution in [2.75, 3.05) is 12.0 Å². The van der Waals surface area contributed by atoms with Crippen LogP contribution in [0.5, 0.6) is 5.75 Å². The summed E-state index contributed by atoms with van der Waals surface area (Å²) in [5.41, 5.74) is 4.20. The number of ether oxygens (including phenoxy) is 1. The van der Waals surface area contributed by atoms with Crippen molar-refractivity contribution in [3.05, 3.63) is 70.5 Å². The monoisotopic (exact) mass is 405 g/mol. The molecule has 30 heavy (non-hydrogen) atoms. The number of hydrogen-bond acceptors (Lipinski definition) is 6. The van der Waals surface area contributed by atoms with Crippen molar-refractivity contribution in [2.45, 2.75) is 39.0 Å². The smallest absolute Gasteiger partial charge is 0.279 e. The normalized spacial score (nSPS) is 11.0. The third-order valence-electron chi connectivity index (χ3n) is 4.54. The summed E-state index contributed by atoms with van der Waals surface area (Å²) in [6, 6.07) is 16.9. The standard InChI is InChI=1S/C23H27N5O2/c1-2-3-4-5-11-16-30-20-15-10-9-14-19(20)17-24-27-23-25-22(29)21(26-28-23)18-12-7-6-8-13-18/h6-10,12-15,17H,2-5,11,16H2,1H3,(H2,25,27,28,29)/b24-17+. The predicted octanol–water partition coefficient (Wildman–Crippen LogP) is 4.63. The third kappa shape index (κ3) is 6.27. The van der Waals surface area contributed by atoms with Crippen LogP contribution < -0.4 is 15.7 Å². The second kappa shape index (κ2) is 11.5. The van der Waals surface area contributed by atoms with Crippen molar-refractivity contribution < 1.29 is 4.74 Å². The van der Waals surface area contributed by atoms with Crippen LogP contribution in [0.4, 0.5) is 5.95 Å². The van der Waals surface area contributed by atoms with Crippen molar-refractivity contribution in [2.24, 2.45) is 5.10 Å². The van der Waals surface area contributed by atoms with Crippen LogP contribution in [-0.2, 0) is 0 Å². The summed E-state index contributed by atoms with van der Waals surface area (Å²) in [6.45, 7) is 2.89. The molecule has 7 nitrogen and oxygen atoms in total. The molecule has 1 aromatic heterocycles. The number of nitrogens with one attached hydrogen (secondary N) is 2. The van der Waals surface area contributed by atoms with Gasteiger partial charge in [0.25, 0.3) is 5.56 Å². The van der Waals surface area contributed by atoms with Gasteiger partial charge in [0.15, 0.2) is 5.69 Å². The van der Waals surface area contributed by atoms with Gasteiger partial charge in [0.05, 0.1) is 12.8 Å². The van der Waals surface area contributed by atoms with E-state index in [9.17, 15) is 4.79 Å². The average Bonchev–Trinajstić information content (AvgIpc) is 2.78. The van der Waals surface area contributed by atoms with Gasteiger partial charge < -0.3 is 4.74 Å². The first-order valence-corrected chi connectivity index (χ1v) is 10.3. The highest BCUT2D eigenvalue weighted by atomic mass is 16.5. The first kappa shape index (κ1) is 21.2. The SMILES string of the molecule is CCCCCCCOc1ccccc1/C=N/Nc1nnc(-c2ccccc2)c(=O)[nH]1. The van der Waals surface area contributed by atoms with Gasteiger partial charge in [0, 0.05) is 11.1 Å². The van der Waals surface area contributed by atoms with Crippen LogP contribution in [0.15, 0.2) is 64.5 Å². The molecule has 1 heterocycles. The molecule has 0 spiro atoms. The Morgan fingerprint density at radius 2 is 1.77 bits per heavy atom. The van der Waals surface area contributed by atoms with Crippen LogP contribution in [-0.4, -0.2) is 28.0 Å². The molecule has 0 amide bonds. The molecule has 0 aliphatic carbocycles. The number of para-hydroxylation sites is 1. The summed E-state index contributed by atoms with van der Waals surface area (Å²) >= 11 is 0. The minimum atomic E-state index is -0.333. The average molecular weight is 406 g/mol. The van der Waals surface area contributed by atoms with E-state index < -0.39 is 0 Å². The van der Waals surface area contributed by atoms with E-state index in [1.807, 2.05) is 54.6 Å². The molecular weight excluding hydrogens is 378 g/mol. The van der Waals surface area contributed by atoms with Crippen LogP contribution >= 0.6 is 0 Å². The van der Waals surface area contributed by atoms with Crippen LogP contribution in [0.2, 0.25) is 0 Å². The van der Waals surface area contributed by atoms with Gasteiger partial charge in [-0.25, -0.2) is 5.43 Å². The van der Waals surface area contributed by atoms with E-state index in [-0.39, 0.29) is 17.2 Å². The Balaban J connectivity index is 1.58. The van der Waals surface area contributed by atoms with E-state index in [1.54, 1.807) is 6.21 Å². The number of nitrogens with zero attached hydrogens (tertiary/aromatic N) is 3. The molecule has 7 heteroatoms. The molecular formula is C23H27N5O2. The maximum atomic E-state index is 12.3. The predicted molar refractivity (Wildman–Crippen MR) is 120 cm³/mol. The fraction of sp³-hybridized carbons (Fsp3) is 0.304. The quantitative estimate of drug-likeness (QED) is 0.276. The number of H-pyrrole nitrogens is 1. The summed E-state index contributed by atoms with van der Waals surface area (Å²) in [4.78, 5) is 14.9. The summed E-state index contributed by atoms with van der Waals surface area (Å²) < 4.78 is 5.90. The molecule has 3 aromatic rings. The van der Waals surface area contributed by atoms with Crippen LogP contribution in [0, 0.1) is 0 Å². The molecule has 0 fully saturated rings. The zero-order valence-electron chi connectivity index (χ0n) is 17.2. The maximum absolute atomic E-state index is 12.3. The van der Waals surface area contributed by atoms with E-state index in [2.05, 4.69) is 32.6 Å². The van der Waals surface area contributed by atoms with Gasteiger partial charge in [-0.2, -0.15) is 5.10 Å². The highest BCUT2D eigenvalue weighted by molar-refractivity contribution is 5.83. The van der Waals surface area contributed by atoms with Crippen molar-refractivity contribution >= 4 is 12.2 Å². The second-order valence-corrected chi connectivity index (χ2v) is 6.89. The molecule has 2 aromatic carbocycles. The molecule has 2 N–H and O–H groups in total. The Morgan fingerprint density at radius 3 is 2.57 bits per heavy atom. The second-order valence-electron chi connectivity index (χ2n) is 6.89. The Hall–Kier alpha value is -3.48. The summed E-state index contributed by atoms with van der Waals surface area (Å²) in [7, 11) is 0. The summed E-state index contributed by atoms with van der Waals surface area (Å²) in [5, 5.41) is 12.2. The number of anilines is 1. The molecule has 0 atom stereocenters. The van der Waals surface area contributed by atoms with Gasteiger partial charge in [-0.3, -0.25) is 9.78 Å². The highest BCUT2D eigenvalue weighted by Gasteiger charge is 2.06. The largest absolute Gasteiger partial charge is 0.493 e. The van der Waals surface area contributed by atoms with Crippen LogP contribution in [0.3, 0.4) is 0 Å². The van der Waals surface area contributed by atoms with E-state index in [0.717, 1.165) is 17.7 Å². The zero-order chi connectivity index (χ0) is 21.0. The van der Waals surface area contributed by atoms with Gasteiger partial charge in [-0.15, -0.1) is 10.2 Å². The molecule has 156 valence electrons. The number of unbranched alkanes of at least 4 members (excludes halogenated alkanes) is 4. The number of hydrazone groups is 1. The van der Waals surface area contributed by atoms with Gasteiger partial charge in [0.1, 0.15) is 5.75 Å². The van der Waals surface area contributed by atoms with E-state index in [4.69, 9.17) is 4.74 Å². The molecule has 0 radical (unpaired) electrons. The van der Waals surface area contributed by atoms with Crippen molar-refractivity contribution in [3.63, 3.8) is 0 Å². The summed E-state index contributed by atoms with van der Waals surface area (Å²) in [6.07, 6.45) is 7.60. The molecule has 0 saturated carbocycles. The fourth-order valence-electron chi connectivity index (χ4n) is 2.94. The lowest BCUT2D eigenvalue weighted by molar-refractivity contribution is 0.304. The van der Waals surface area contributed by atoms with Gasteiger partial charge in [-0.1, -0.05) is 75.1 Å². The minimum Gasteiger partial charge on any atom is -0.493 e. The van der Waals surface area contributed by atoms with Crippen molar-refractivity contribution in [3.8, 4) is 17.0 Å². The van der Waals surface area contributed by atoms with Gasteiger partial charge in [-0.05, 0) is 18.6 Å².